The number of hydrogen-bond donors (Lipinski definition) is 3. The lowest BCUT2D eigenvalue weighted by Gasteiger charge is -2.40. The average Bonchev–Trinajstić information content (AvgIpc) is 3.53. The van der Waals surface area contributed by atoms with Crippen LogP contribution >= 0.6 is 22.7 Å². The zero-order chi connectivity index (χ0) is 22.1. The number of nitrogens with one attached hydrogen (secondary N) is 2. The number of benzene rings is 1. The Hall–Kier alpha value is -2.10. The van der Waals surface area contributed by atoms with Gasteiger partial charge in [0.15, 0.2) is 0 Å². The summed E-state index contributed by atoms with van der Waals surface area (Å²) in [5, 5.41) is 19.1. The summed E-state index contributed by atoms with van der Waals surface area (Å²) in [5.74, 6) is 0.449. The van der Waals surface area contributed by atoms with Crippen LogP contribution in [0.2, 0.25) is 0 Å². The summed E-state index contributed by atoms with van der Waals surface area (Å²) in [6, 6.07) is 14.4. The minimum Gasteiger partial charge on any atom is -0.373 e. The van der Waals surface area contributed by atoms with Crippen molar-refractivity contribution < 1.29 is 9.90 Å². The number of thiazole rings is 1. The topological polar surface area (TPSA) is 77.5 Å². The van der Waals surface area contributed by atoms with Gasteiger partial charge in [0.1, 0.15) is 6.23 Å². The van der Waals surface area contributed by atoms with Gasteiger partial charge in [-0.1, -0.05) is 36.8 Å². The van der Waals surface area contributed by atoms with Gasteiger partial charge in [0.2, 0.25) is 5.91 Å². The summed E-state index contributed by atoms with van der Waals surface area (Å²) in [7, 11) is 1.92. The van der Waals surface area contributed by atoms with Gasteiger partial charge in [-0.2, -0.15) is 0 Å². The predicted octanol–water partition coefficient (Wildman–Crippen LogP) is 4.29. The van der Waals surface area contributed by atoms with Gasteiger partial charge < -0.3 is 15.7 Å². The highest BCUT2D eigenvalue weighted by Gasteiger charge is 2.36. The molecule has 1 saturated carbocycles. The third kappa shape index (κ3) is 4.38. The first-order valence-corrected chi connectivity index (χ1v) is 12.8. The van der Waals surface area contributed by atoms with Crippen molar-refractivity contribution in [1.29, 1.82) is 0 Å². The summed E-state index contributed by atoms with van der Waals surface area (Å²) >= 11 is 3.19. The monoisotopic (exact) mass is 468 g/mol. The van der Waals surface area contributed by atoms with Crippen molar-refractivity contribution in [3.8, 4) is 10.4 Å². The molecule has 0 spiro atoms. The molecule has 5 rings (SSSR count). The van der Waals surface area contributed by atoms with Gasteiger partial charge in [0, 0.05) is 31.2 Å². The Morgan fingerprint density at radius 3 is 2.75 bits per heavy atom. The van der Waals surface area contributed by atoms with Crippen LogP contribution in [0.15, 0.2) is 48.7 Å². The van der Waals surface area contributed by atoms with E-state index < -0.39 is 6.23 Å². The van der Waals surface area contributed by atoms with E-state index in [4.69, 9.17) is 0 Å². The standard InChI is InChI=1S/C24H28N4O2S2/c1-25-18-9-5-8-17(18)22(29)27-21-11-10-19(31-21)24(30)28-13-16(14-28)23-26-12-20(32-23)15-6-3-2-4-7-15/h2-4,6-7,10-12,16-18,24-25,30H,5,8-9,13-14H2,1H3,(H,27,29)/t17-,18+,24?/m1/s1. The summed E-state index contributed by atoms with van der Waals surface area (Å²) in [4.78, 5) is 21.4. The van der Waals surface area contributed by atoms with Crippen LogP contribution in [0.1, 0.15) is 41.3 Å². The Labute approximate surface area is 196 Å². The number of carbonyl (C=O) groups is 1. The van der Waals surface area contributed by atoms with Crippen LogP contribution < -0.4 is 10.6 Å². The number of aliphatic hydroxyl groups is 1. The van der Waals surface area contributed by atoms with Gasteiger partial charge in [-0.05, 0) is 37.6 Å². The highest BCUT2D eigenvalue weighted by atomic mass is 32.1. The average molecular weight is 469 g/mol. The number of anilines is 1. The zero-order valence-electron chi connectivity index (χ0n) is 18.0. The van der Waals surface area contributed by atoms with E-state index in [0.717, 1.165) is 47.2 Å². The first-order chi connectivity index (χ1) is 15.6. The fourth-order valence-corrected chi connectivity index (χ4v) is 6.59. The molecule has 1 saturated heterocycles. The number of aliphatic hydroxyl groups excluding tert-OH is 1. The molecule has 1 aliphatic heterocycles. The highest BCUT2D eigenvalue weighted by Crippen LogP contribution is 2.39. The fraction of sp³-hybridized carbons (Fsp3) is 0.417. The molecule has 0 radical (unpaired) electrons. The van der Waals surface area contributed by atoms with Crippen molar-refractivity contribution in [1.82, 2.24) is 15.2 Å². The number of rotatable bonds is 7. The second-order valence-corrected chi connectivity index (χ2v) is 10.8. The second kappa shape index (κ2) is 9.41. The SMILES string of the molecule is CN[C@H]1CCC[C@H]1C(=O)Nc1ccc(C(O)N2CC(c3ncc(-c4ccccc4)s3)C2)s1. The molecule has 6 nitrogen and oxygen atoms in total. The Kier molecular flexibility index (Phi) is 6.39. The molecule has 3 N–H and O–H groups in total. The van der Waals surface area contributed by atoms with Crippen molar-refractivity contribution in [3.05, 3.63) is 58.5 Å². The second-order valence-electron chi connectivity index (χ2n) is 8.58. The highest BCUT2D eigenvalue weighted by molar-refractivity contribution is 7.16. The van der Waals surface area contributed by atoms with Crippen molar-refractivity contribution >= 4 is 33.6 Å². The van der Waals surface area contributed by atoms with E-state index in [0.29, 0.717) is 5.92 Å². The number of aromatic nitrogens is 1. The van der Waals surface area contributed by atoms with E-state index in [9.17, 15) is 9.90 Å². The van der Waals surface area contributed by atoms with E-state index in [1.165, 1.54) is 21.8 Å². The molecule has 3 atom stereocenters. The first kappa shape index (κ1) is 21.7. The summed E-state index contributed by atoms with van der Waals surface area (Å²) in [6.07, 6.45) is 4.36. The molecule has 0 bridgehead atoms. The summed E-state index contributed by atoms with van der Waals surface area (Å²) in [5.41, 5.74) is 1.19. The van der Waals surface area contributed by atoms with Crippen LogP contribution in [0.25, 0.3) is 10.4 Å². The number of likely N-dealkylation sites (tertiary alicyclic amines) is 1. The van der Waals surface area contributed by atoms with Gasteiger partial charge in [-0.15, -0.1) is 22.7 Å². The van der Waals surface area contributed by atoms with Crippen molar-refractivity contribution in [2.45, 2.75) is 37.5 Å². The molecule has 2 fully saturated rings. The van der Waals surface area contributed by atoms with Crippen LogP contribution in [-0.4, -0.2) is 47.1 Å². The molecule has 1 aliphatic carbocycles. The maximum atomic E-state index is 12.6. The molecule has 2 aromatic heterocycles. The maximum Gasteiger partial charge on any atom is 0.229 e. The van der Waals surface area contributed by atoms with E-state index in [1.54, 1.807) is 11.3 Å². The fourth-order valence-electron chi connectivity index (χ4n) is 4.65. The molecule has 1 aromatic carbocycles. The minimum atomic E-state index is -0.646. The third-order valence-electron chi connectivity index (χ3n) is 6.54. The van der Waals surface area contributed by atoms with Crippen molar-refractivity contribution in [2.75, 3.05) is 25.5 Å². The zero-order valence-corrected chi connectivity index (χ0v) is 19.7. The normalized spacial score (nSPS) is 22.6. The number of nitrogens with zero attached hydrogens (tertiary/aromatic N) is 2. The van der Waals surface area contributed by atoms with Crippen molar-refractivity contribution in [3.63, 3.8) is 0 Å². The Morgan fingerprint density at radius 2 is 1.97 bits per heavy atom. The predicted molar refractivity (Wildman–Crippen MR) is 130 cm³/mol. The summed E-state index contributed by atoms with van der Waals surface area (Å²) < 4.78 is 0. The number of hydrogen-bond acceptors (Lipinski definition) is 7. The molecule has 168 valence electrons. The lowest BCUT2D eigenvalue weighted by Crippen LogP contribution is -2.46. The van der Waals surface area contributed by atoms with E-state index in [-0.39, 0.29) is 17.9 Å². The Balaban J connectivity index is 1.16. The van der Waals surface area contributed by atoms with Crippen molar-refractivity contribution in [2.24, 2.45) is 5.92 Å². The van der Waals surface area contributed by atoms with Crippen LogP contribution in [-0.2, 0) is 4.79 Å². The Morgan fingerprint density at radius 1 is 1.16 bits per heavy atom. The number of carbonyl (C=O) groups excluding carboxylic acids is 1. The largest absolute Gasteiger partial charge is 0.373 e. The quantitative estimate of drug-likeness (QED) is 0.482. The first-order valence-electron chi connectivity index (χ1n) is 11.1. The summed E-state index contributed by atoms with van der Waals surface area (Å²) in [6.45, 7) is 1.57. The third-order valence-corrected chi connectivity index (χ3v) is 8.79. The molecule has 1 unspecified atom stereocenters. The van der Waals surface area contributed by atoms with Crippen LogP contribution in [0, 0.1) is 5.92 Å². The maximum absolute atomic E-state index is 12.6. The van der Waals surface area contributed by atoms with Crippen LogP contribution in [0.4, 0.5) is 5.00 Å². The van der Waals surface area contributed by atoms with Gasteiger partial charge in [-0.3, -0.25) is 9.69 Å². The molecular formula is C24H28N4O2S2. The van der Waals surface area contributed by atoms with Gasteiger partial charge in [0.25, 0.3) is 0 Å². The van der Waals surface area contributed by atoms with E-state index in [1.807, 2.05) is 43.6 Å². The molecule has 32 heavy (non-hydrogen) atoms. The number of thiophene rings is 1. The molecule has 1 amide bonds. The molecule has 3 heterocycles. The van der Waals surface area contributed by atoms with Gasteiger partial charge >= 0.3 is 0 Å². The van der Waals surface area contributed by atoms with E-state index in [2.05, 4.69) is 32.7 Å². The minimum absolute atomic E-state index is 0.0192. The molecule has 3 aromatic rings. The van der Waals surface area contributed by atoms with Crippen LogP contribution in [0.3, 0.4) is 0 Å². The molecular weight excluding hydrogens is 440 g/mol. The Bertz CT molecular complexity index is 1060. The smallest absolute Gasteiger partial charge is 0.229 e. The van der Waals surface area contributed by atoms with E-state index >= 15 is 0 Å². The lowest BCUT2D eigenvalue weighted by molar-refractivity contribution is -0.120. The number of amides is 1. The lowest BCUT2D eigenvalue weighted by atomic mass is 10.0. The van der Waals surface area contributed by atoms with Crippen LogP contribution in [0.5, 0.6) is 0 Å². The molecule has 2 aliphatic rings. The molecule has 8 heteroatoms. The van der Waals surface area contributed by atoms with Gasteiger partial charge in [0.05, 0.1) is 25.7 Å². The van der Waals surface area contributed by atoms with Gasteiger partial charge in [-0.25, -0.2) is 4.98 Å².